The summed E-state index contributed by atoms with van der Waals surface area (Å²) in [5.41, 5.74) is 0.975. The summed E-state index contributed by atoms with van der Waals surface area (Å²) in [6, 6.07) is 5.48. The molecule has 0 atom stereocenters. The monoisotopic (exact) mass is 261 g/mol. The summed E-state index contributed by atoms with van der Waals surface area (Å²) in [6.07, 6.45) is 0. The number of carbonyl (C=O) groups excluding carboxylic acids is 1. The van der Waals surface area contributed by atoms with Gasteiger partial charge in [-0.25, -0.2) is 0 Å². The molecule has 70 valence electrons. The molecule has 0 heterocycles. The molecule has 0 fully saturated rings. The minimum absolute atomic E-state index is 0.0492. The van der Waals surface area contributed by atoms with E-state index in [1.807, 2.05) is 12.1 Å². The van der Waals surface area contributed by atoms with Crippen molar-refractivity contribution in [3.05, 3.63) is 33.3 Å². The van der Waals surface area contributed by atoms with Crippen molar-refractivity contribution in [3.63, 3.8) is 0 Å². The second-order valence-corrected chi connectivity index (χ2v) is 3.94. The van der Waals surface area contributed by atoms with Gasteiger partial charge in [0.1, 0.15) is 0 Å². The molecule has 1 N–H and O–H groups in total. The van der Waals surface area contributed by atoms with Gasteiger partial charge in [-0.3, -0.25) is 4.79 Å². The zero-order chi connectivity index (χ0) is 9.84. The summed E-state index contributed by atoms with van der Waals surface area (Å²) in [7, 11) is 0. The fraction of sp³-hybridized carbons (Fsp3) is 0.222. The molecule has 2 nitrogen and oxygen atoms in total. The third kappa shape index (κ3) is 3.36. The first-order chi connectivity index (χ1) is 6.09. The first kappa shape index (κ1) is 10.5. The van der Waals surface area contributed by atoms with E-state index in [0.717, 1.165) is 10.0 Å². The molecule has 4 heteroatoms. The highest BCUT2D eigenvalue weighted by atomic mass is 79.9. The maximum atomic E-state index is 10.7. The van der Waals surface area contributed by atoms with Crippen molar-refractivity contribution < 1.29 is 4.79 Å². The van der Waals surface area contributed by atoms with Crippen molar-refractivity contribution in [2.24, 2.45) is 0 Å². The van der Waals surface area contributed by atoms with Crippen LogP contribution in [0.15, 0.2) is 22.7 Å². The van der Waals surface area contributed by atoms with Gasteiger partial charge in [0.15, 0.2) is 0 Å². The average molecular weight is 263 g/mol. The fourth-order valence-electron chi connectivity index (χ4n) is 0.898. The minimum Gasteiger partial charge on any atom is -0.352 e. The van der Waals surface area contributed by atoms with E-state index in [4.69, 9.17) is 11.6 Å². The van der Waals surface area contributed by atoms with E-state index in [1.165, 1.54) is 6.92 Å². The molecule has 0 aliphatic carbocycles. The van der Waals surface area contributed by atoms with Crippen LogP contribution in [0, 0.1) is 0 Å². The number of nitrogens with one attached hydrogen (secondary N) is 1. The quantitative estimate of drug-likeness (QED) is 0.872. The van der Waals surface area contributed by atoms with E-state index < -0.39 is 0 Å². The van der Waals surface area contributed by atoms with Crippen molar-refractivity contribution in [2.75, 3.05) is 0 Å². The Morgan fingerprint density at radius 1 is 1.62 bits per heavy atom. The highest BCUT2D eigenvalue weighted by Gasteiger charge is 2.00. The van der Waals surface area contributed by atoms with E-state index in [0.29, 0.717) is 11.6 Å². The SMILES string of the molecule is CC(=O)NCc1cc(Cl)ccc1Br. The van der Waals surface area contributed by atoms with Crippen molar-refractivity contribution in [3.8, 4) is 0 Å². The van der Waals surface area contributed by atoms with Crippen LogP contribution in [-0.2, 0) is 11.3 Å². The first-order valence-electron chi connectivity index (χ1n) is 3.78. The van der Waals surface area contributed by atoms with E-state index in [-0.39, 0.29) is 5.91 Å². The number of hydrogen-bond acceptors (Lipinski definition) is 1. The molecule has 0 spiro atoms. The highest BCUT2D eigenvalue weighted by Crippen LogP contribution is 2.20. The van der Waals surface area contributed by atoms with Gasteiger partial charge >= 0.3 is 0 Å². The van der Waals surface area contributed by atoms with Crippen LogP contribution in [0.1, 0.15) is 12.5 Å². The molecule has 1 aromatic carbocycles. The molecule has 0 radical (unpaired) electrons. The van der Waals surface area contributed by atoms with Crippen molar-refractivity contribution in [2.45, 2.75) is 13.5 Å². The Kier molecular flexibility index (Phi) is 3.75. The summed E-state index contributed by atoms with van der Waals surface area (Å²) in [6.45, 7) is 1.98. The van der Waals surface area contributed by atoms with E-state index in [2.05, 4.69) is 21.2 Å². The van der Waals surface area contributed by atoms with Gasteiger partial charge in [0, 0.05) is 23.0 Å². The molecule has 0 aromatic heterocycles. The predicted octanol–water partition coefficient (Wildman–Crippen LogP) is 2.74. The smallest absolute Gasteiger partial charge is 0.217 e. The molecule has 1 rings (SSSR count). The number of halogens is 2. The van der Waals surface area contributed by atoms with Crippen LogP contribution in [0.25, 0.3) is 0 Å². The Morgan fingerprint density at radius 3 is 2.92 bits per heavy atom. The number of rotatable bonds is 2. The zero-order valence-corrected chi connectivity index (χ0v) is 9.45. The van der Waals surface area contributed by atoms with E-state index in [9.17, 15) is 4.79 Å². The summed E-state index contributed by atoms with van der Waals surface area (Å²) in [4.78, 5) is 10.7. The molecule has 0 saturated carbocycles. The predicted molar refractivity (Wildman–Crippen MR) is 56.7 cm³/mol. The Labute approximate surface area is 90.4 Å². The third-order valence-electron chi connectivity index (χ3n) is 1.54. The van der Waals surface area contributed by atoms with Crippen LogP contribution in [0.4, 0.5) is 0 Å². The van der Waals surface area contributed by atoms with Gasteiger partial charge < -0.3 is 5.32 Å². The maximum Gasteiger partial charge on any atom is 0.217 e. The summed E-state index contributed by atoms with van der Waals surface area (Å²) in [5, 5.41) is 3.37. The molecular formula is C9H9BrClNO. The number of hydrogen-bond donors (Lipinski definition) is 1. The summed E-state index contributed by atoms with van der Waals surface area (Å²) in [5.74, 6) is -0.0492. The number of benzene rings is 1. The largest absolute Gasteiger partial charge is 0.352 e. The highest BCUT2D eigenvalue weighted by molar-refractivity contribution is 9.10. The van der Waals surface area contributed by atoms with E-state index in [1.54, 1.807) is 6.07 Å². The second-order valence-electron chi connectivity index (χ2n) is 2.65. The molecular weight excluding hydrogens is 253 g/mol. The molecule has 0 bridgehead atoms. The van der Waals surface area contributed by atoms with Gasteiger partial charge in [-0.2, -0.15) is 0 Å². The number of carbonyl (C=O) groups is 1. The van der Waals surface area contributed by atoms with Crippen LogP contribution in [-0.4, -0.2) is 5.91 Å². The lowest BCUT2D eigenvalue weighted by Gasteiger charge is -2.05. The van der Waals surface area contributed by atoms with Crippen molar-refractivity contribution in [1.29, 1.82) is 0 Å². The molecule has 1 aromatic rings. The standard InChI is InChI=1S/C9H9BrClNO/c1-6(13)12-5-7-4-8(11)2-3-9(7)10/h2-4H,5H2,1H3,(H,12,13). The molecule has 1 amide bonds. The molecule has 0 saturated heterocycles. The lowest BCUT2D eigenvalue weighted by Crippen LogP contribution is -2.19. The van der Waals surface area contributed by atoms with Crippen LogP contribution >= 0.6 is 27.5 Å². The zero-order valence-electron chi connectivity index (χ0n) is 7.10. The Morgan fingerprint density at radius 2 is 2.31 bits per heavy atom. The maximum absolute atomic E-state index is 10.7. The Hall–Kier alpha value is -0.540. The number of amides is 1. The summed E-state index contributed by atoms with van der Waals surface area (Å²) >= 11 is 9.17. The lowest BCUT2D eigenvalue weighted by atomic mass is 10.2. The van der Waals surface area contributed by atoms with Gasteiger partial charge in [-0.15, -0.1) is 0 Å². The van der Waals surface area contributed by atoms with Gasteiger partial charge in [0.2, 0.25) is 5.91 Å². The average Bonchev–Trinajstić information content (AvgIpc) is 2.06. The van der Waals surface area contributed by atoms with Gasteiger partial charge in [-0.1, -0.05) is 27.5 Å². The first-order valence-corrected chi connectivity index (χ1v) is 4.95. The van der Waals surface area contributed by atoms with Gasteiger partial charge in [0.05, 0.1) is 0 Å². The van der Waals surface area contributed by atoms with Crippen LogP contribution in [0.3, 0.4) is 0 Å². The normalized spacial score (nSPS) is 9.77. The van der Waals surface area contributed by atoms with Gasteiger partial charge in [-0.05, 0) is 23.8 Å². The van der Waals surface area contributed by atoms with Crippen molar-refractivity contribution in [1.82, 2.24) is 5.32 Å². The molecule has 0 aliphatic rings. The molecule has 13 heavy (non-hydrogen) atoms. The minimum atomic E-state index is -0.0492. The summed E-state index contributed by atoms with van der Waals surface area (Å²) < 4.78 is 0.950. The topological polar surface area (TPSA) is 29.1 Å². The van der Waals surface area contributed by atoms with Crippen LogP contribution < -0.4 is 5.32 Å². The van der Waals surface area contributed by atoms with Crippen LogP contribution in [0.2, 0.25) is 5.02 Å². The Balaban J connectivity index is 2.75. The lowest BCUT2D eigenvalue weighted by molar-refractivity contribution is -0.119. The Bertz CT molecular complexity index is 327. The third-order valence-corrected chi connectivity index (χ3v) is 2.54. The molecule has 0 unspecified atom stereocenters. The van der Waals surface area contributed by atoms with Crippen LogP contribution in [0.5, 0.6) is 0 Å². The molecule has 0 aliphatic heterocycles. The second kappa shape index (κ2) is 4.63. The van der Waals surface area contributed by atoms with E-state index >= 15 is 0 Å². The fourth-order valence-corrected chi connectivity index (χ4v) is 1.48. The van der Waals surface area contributed by atoms with Gasteiger partial charge in [0.25, 0.3) is 0 Å². The van der Waals surface area contributed by atoms with Crippen molar-refractivity contribution >= 4 is 33.4 Å².